The Morgan fingerprint density at radius 1 is 1.11 bits per heavy atom. The van der Waals surface area contributed by atoms with Crippen LogP contribution in [0.15, 0.2) is 66.7 Å². The number of aromatic amines is 1. The average Bonchev–Trinajstić information content (AvgIpc) is 3.27. The molecule has 0 saturated heterocycles. The number of aryl methyl sites for hydroxylation is 1. The number of hydrogen-bond donors (Lipinski definition) is 5. The molecule has 0 fully saturated rings. The van der Waals surface area contributed by atoms with Gasteiger partial charge in [0, 0.05) is 22.5 Å². The molecule has 0 aliphatic rings. The molecule has 1 amide bonds. The highest BCUT2D eigenvalue weighted by Gasteiger charge is 2.22. The lowest BCUT2D eigenvalue weighted by Crippen LogP contribution is -2.37. The summed E-state index contributed by atoms with van der Waals surface area (Å²) in [5, 5.41) is 20.0. The van der Waals surface area contributed by atoms with E-state index in [9.17, 15) is 14.7 Å². The first kappa shape index (κ1) is 23.3. The summed E-state index contributed by atoms with van der Waals surface area (Å²) in [5.74, 6) is -0.173. The number of aromatic nitrogens is 2. The summed E-state index contributed by atoms with van der Waals surface area (Å²) < 4.78 is 5.57. The van der Waals surface area contributed by atoms with Gasteiger partial charge in [0.2, 0.25) is 0 Å². The van der Waals surface area contributed by atoms with Gasteiger partial charge in [-0.05, 0) is 55.5 Å². The third kappa shape index (κ3) is 5.38. The Morgan fingerprint density at radius 2 is 1.83 bits per heavy atom. The molecule has 35 heavy (non-hydrogen) atoms. The lowest BCUT2D eigenvalue weighted by atomic mass is 10.2. The number of nitrogens with zero attached hydrogens (tertiary/aromatic N) is 2. The van der Waals surface area contributed by atoms with Gasteiger partial charge < -0.3 is 25.9 Å². The minimum atomic E-state index is -1.15. The first-order chi connectivity index (χ1) is 16.8. The molecule has 10 nitrogen and oxygen atoms in total. The Hall–Kier alpha value is -4.86. The number of nitrogens with one attached hydrogen (secondary N) is 3. The zero-order chi connectivity index (χ0) is 24.9. The van der Waals surface area contributed by atoms with Crippen LogP contribution in [0.5, 0.6) is 5.75 Å². The second-order valence-corrected chi connectivity index (χ2v) is 7.80. The largest absolute Gasteiger partial charge is 0.480 e. The highest BCUT2D eigenvalue weighted by molar-refractivity contribution is 5.95. The van der Waals surface area contributed by atoms with Gasteiger partial charge in [-0.15, -0.1) is 0 Å². The van der Waals surface area contributed by atoms with Crippen LogP contribution in [0.4, 0.5) is 16.2 Å². The third-order valence-electron chi connectivity index (χ3n) is 5.34. The van der Waals surface area contributed by atoms with Crippen LogP contribution in [-0.2, 0) is 11.3 Å². The lowest BCUT2D eigenvalue weighted by molar-refractivity contribution is -0.135. The van der Waals surface area contributed by atoms with Crippen LogP contribution in [0, 0.1) is 12.3 Å². The van der Waals surface area contributed by atoms with E-state index in [-0.39, 0.29) is 5.84 Å². The number of nitrogen functional groups attached to an aromatic ring is 1. The van der Waals surface area contributed by atoms with Gasteiger partial charge in [0.1, 0.15) is 24.0 Å². The van der Waals surface area contributed by atoms with E-state index in [4.69, 9.17) is 15.9 Å². The number of amides is 1. The van der Waals surface area contributed by atoms with E-state index in [1.54, 1.807) is 61.5 Å². The molecule has 0 aliphatic heterocycles. The van der Waals surface area contributed by atoms with Gasteiger partial charge in [0.25, 0.3) is 0 Å². The molecular weight excluding hydrogens is 448 g/mol. The summed E-state index contributed by atoms with van der Waals surface area (Å²) in [5.41, 5.74) is 9.46. The van der Waals surface area contributed by atoms with E-state index >= 15 is 0 Å². The van der Waals surface area contributed by atoms with Crippen molar-refractivity contribution in [3.63, 3.8) is 0 Å². The molecule has 6 N–H and O–H groups in total. The maximum atomic E-state index is 12.8. The van der Waals surface area contributed by atoms with Crippen LogP contribution >= 0.6 is 0 Å². The Kier molecular flexibility index (Phi) is 6.63. The quantitative estimate of drug-likeness (QED) is 0.192. The maximum absolute atomic E-state index is 12.8. The second kappa shape index (κ2) is 9.96. The fraction of sp³-hybridized carbons (Fsp3) is 0.120. The van der Waals surface area contributed by atoms with Gasteiger partial charge in [0.05, 0.1) is 17.6 Å². The van der Waals surface area contributed by atoms with Crippen molar-refractivity contribution in [1.82, 2.24) is 9.97 Å². The van der Waals surface area contributed by atoms with Crippen LogP contribution in [0.25, 0.3) is 11.0 Å². The summed E-state index contributed by atoms with van der Waals surface area (Å²) in [6, 6.07) is 19.1. The molecule has 1 heterocycles. The van der Waals surface area contributed by atoms with Gasteiger partial charge in [-0.3, -0.25) is 15.1 Å². The molecule has 1 aromatic heterocycles. The SMILES string of the molecule is Cc1c(OC(=O)N(CC(=O)O)c2ccccc2)ccc2[nH]c(CNc3ccc(C(=N)N)cc3)nc12. The molecule has 3 aromatic carbocycles. The fourth-order valence-electron chi connectivity index (χ4n) is 3.55. The van der Waals surface area contributed by atoms with Crippen molar-refractivity contribution in [3.05, 3.63) is 83.7 Å². The topological polar surface area (TPSA) is 157 Å². The number of carbonyl (C=O) groups excluding carboxylic acids is 1. The predicted molar refractivity (Wildman–Crippen MR) is 133 cm³/mol. The van der Waals surface area contributed by atoms with Crippen molar-refractivity contribution in [2.75, 3.05) is 16.8 Å². The normalized spacial score (nSPS) is 10.7. The minimum absolute atomic E-state index is 0.00987. The zero-order valence-electron chi connectivity index (χ0n) is 18.9. The number of aliphatic carboxylic acids is 1. The summed E-state index contributed by atoms with van der Waals surface area (Å²) in [4.78, 5) is 33.1. The summed E-state index contributed by atoms with van der Waals surface area (Å²) in [7, 11) is 0. The molecule has 4 rings (SSSR count). The van der Waals surface area contributed by atoms with E-state index in [1.165, 1.54) is 0 Å². The summed E-state index contributed by atoms with van der Waals surface area (Å²) >= 11 is 0. The van der Waals surface area contributed by atoms with Gasteiger partial charge in [-0.2, -0.15) is 0 Å². The van der Waals surface area contributed by atoms with E-state index in [1.807, 2.05) is 12.1 Å². The molecule has 0 bridgehead atoms. The van der Waals surface area contributed by atoms with E-state index in [2.05, 4.69) is 15.3 Å². The molecule has 0 unspecified atom stereocenters. The lowest BCUT2D eigenvalue weighted by Gasteiger charge is -2.20. The van der Waals surface area contributed by atoms with Crippen LogP contribution in [-0.4, -0.2) is 39.5 Å². The number of para-hydroxylation sites is 1. The number of benzene rings is 3. The zero-order valence-corrected chi connectivity index (χ0v) is 18.9. The number of anilines is 2. The van der Waals surface area contributed by atoms with Crippen LogP contribution in [0.1, 0.15) is 17.0 Å². The van der Waals surface area contributed by atoms with Gasteiger partial charge in [-0.1, -0.05) is 18.2 Å². The smallest absolute Gasteiger partial charge is 0.420 e. The highest BCUT2D eigenvalue weighted by Crippen LogP contribution is 2.27. The summed E-state index contributed by atoms with van der Waals surface area (Å²) in [6.45, 7) is 1.67. The number of carboxylic acid groups (broad SMARTS) is 1. The highest BCUT2D eigenvalue weighted by atomic mass is 16.6. The molecule has 178 valence electrons. The minimum Gasteiger partial charge on any atom is -0.480 e. The van der Waals surface area contributed by atoms with Crippen molar-refractivity contribution in [3.8, 4) is 5.75 Å². The van der Waals surface area contributed by atoms with Gasteiger partial charge >= 0.3 is 12.1 Å². The van der Waals surface area contributed by atoms with Crippen molar-refractivity contribution in [1.29, 1.82) is 5.41 Å². The molecule has 0 spiro atoms. The molecule has 0 atom stereocenters. The molecule has 4 aromatic rings. The number of hydrogen-bond acceptors (Lipinski definition) is 6. The third-order valence-corrected chi connectivity index (χ3v) is 5.34. The van der Waals surface area contributed by atoms with Crippen LogP contribution in [0.2, 0.25) is 0 Å². The number of rotatable bonds is 8. The van der Waals surface area contributed by atoms with Crippen molar-refractivity contribution < 1.29 is 19.4 Å². The first-order valence-corrected chi connectivity index (χ1v) is 10.7. The van der Waals surface area contributed by atoms with E-state index in [0.717, 1.165) is 16.1 Å². The average molecular weight is 473 g/mol. The predicted octanol–water partition coefficient (Wildman–Crippen LogP) is 3.86. The Bertz CT molecular complexity index is 1380. The van der Waals surface area contributed by atoms with Crippen molar-refractivity contribution in [2.45, 2.75) is 13.5 Å². The molecule has 10 heteroatoms. The summed E-state index contributed by atoms with van der Waals surface area (Å²) in [6.07, 6.45) is -0.799. The first-order valence-electron chi connectivity index (χ1n) is 10.7. The molecular formula is C25H24N6O4. The van der Waals surface area contributed by atoms with E-state index < -0.39 is 18.6 Å². The van der Waals surface area contributed by atoms with Crippen LogP contribution < -0.4 is 20.7 Å². The molecule has 0 saturated carbocycles. The van der Waals surface area contributed by atoms with Crippen molar-refractivity contribution >= 4 is 40.3 Å². The number of imidazole rings is 1. The molecule has 0 radical (unpaired) electrons. The number of nitrogens with two attached hydrogens (primary N) is 1. The van der Waals surface area contributed by atoms with Crippen LogP contribution in [0.3, 0.4) is 0 Å². The van der Waals surface area contributed by atoms with E-state index in [0.29, 0.717) is 40.4 Å². The molecule has 0 aliphatic carbocycles. The van der Waals surface area contributed by atoms with Crippen molar-refractivity contribution in [2.24, 2.45) is 5.73 Å². The number of fused-ring (bicyclic) bond motifs is 1. The number of carboxylic acids is 1. The maximum Gasteiger partial charge on any atom is 0.420 e. The standard InChI is InChI=1S/C25H24N6O4/c1-15-20(35-25(34)31(14-22(32)33)18-5-3-2-4-6-18)12-11-19-23(15)30-21(29-19)13-28-17-9-7-16(8-10-17)24(26)27/h2-12,28H,13-14H2,1H3,(H3,26,27)(H,29,30)(H,32,33). The van der Waals surface area contributed by atoms with Gasteiger partial charge in [0.15, 0.2) is 0 Å². The number of ether oxygens (including phenoxy) is 1. The number of amidine groups is 1. The Labute approximate surface area is 200 Å². The monoisotopic (exact) mass is 472 g/mol. The fourth-order valence-corrected chi connectivity index (χ4v) is 3.55. The Morgan fingerprint density at radius 3 is 2.49 bits per heavy atom. The Balaban J connectivity index is 1.50. The second-order valence-electron chi connectivity index (χ2n) is 7.80. The number of carbonyl (C=O) groups is 2. The number of H-pyrrole nitrogens is 1. The van der Waals surface area contributed by atoms with Gasteiger partial charge in [-0.25, -0.2) is 9.78 Å².